The number of carbonyl (C=O) groups is 1. The molecule has 1 heterocycles. The first-order chi connectivity index (χ1) is 9.60. The van der Waals surface area contributed by atoms with Gasteiger partial charge in [0.25, 0.3) is 5.91 Å². The molecule has 108 valence electrons. The minimum Gasteiger partial charge on any atom is -0.395 e. The third kappa shape index (κ3) is 4.65. The van der Waals surface area contributed by atoms with Crippen molar-refractivity contribution >= 4 is 5.91 Å². The number of aliphatic hydroxyl groups excluding tert-OH is 2. The fraction of sp³-hybridized carbons (Fsp3) is 0.467. The molecule has 1 aromatic rings. The molecule has 0 aromatic carbocycles. The number of amides is 1. The van der Waals surface area contributed by atoms with Crippen LogP contribution in [0.4, 0.5) is 0 Å². The van der Waals surface area contributed by atoms with E-state index in [0.29, 0.717) is 17.5 Å². The quantitative estimate of drug-likeness (QED) is 0.775. The number of aromatic nitrogens is 1. The molecule has 0 spiro atoms. The Morgan fingerprint density at radius 2 is 2.10 bits per heavy atom. The second-order valence-corrected chi connectivity index (χ2v) is 4.55. The highest BCUT2D eigenvalue weighted by Crippen LogP contribution is 2.09. The van der Waals surface area contributed by atoms with E-state index in [2.05, 4.69) is 16.8 Å². The summed E-state index contributed by atoms with van der Waals surface area (Å²) in [5, 5.41) is 17.7. The minimum absolute atomic E-state index is 0.00113. The van der Waals surface area contributed by atoms with Crippen LogP contribution in [0.3, 0.4) is 0 Å². The average Bonchev–Trinajstić information content (AvgIpc) is 2.44. The molecule has 20 heavy (non-hydrogen) atoms. The lowest BCUT2D eigenvalue weighted by Gasteiger charge is -2.25. The van der Waals surface area contributed by atoms with Crippen molar-refractivity contribution in [3.05, 3.63) is 29.6 Å². The molecular weight excluding hydrogens is 256 g/mol. The van der Waals surface area contributed by atoms with Gasteiger partial charge in [0.15, 0.2) is 0 Å². The Bertz CT molecular complexity index is 503. The Kier molecular flexibility index (Phi) is 6.71. The van der Waals surface area contributed by atoms with E-state index in [4.69, 9.17) is 10.2 Å². The summed E-state index contributed by atoms with van der Waals surface area (Å²) in [4.78, 5) is 17.9. The van der Waals surface area contributed by atoms with Crippen LogP contribution < -0.4 is 0 Å². The van der Waals surface area contributed by atoms with Gasteiger partial charge in [-0.2, -0.15) is 0 Å². The van der Waals surface area contributed by atoms with Gasteiger partial charge in [0.05, 0.1) is 18.8 Å². The van der Waals surface area contributed by atoms with Gasteiger partial charge in [0.2, 0.25) is 0 Å². The molecule has 2 N–H and O–H groups in total. The van der Waals surface area contributed by atoms with E-state index < -0.39 is 0 Å². The van der Waals surface area contributed by atoms with Crippen LogP contribution in [-0.2, 0) is 0 Å². The second-order valence-electron chi connectivity index (χ2n) is 4.55. The molecule has 1 amide bonds. The fourth-order valence-corrected chi connectivity index (χ4v) is 1.71. The Balaban J connectivity index is 2.93. The molecule has 0 atom stereocenters. The van der Waals surface area contributed by atoms with E-state index in [1.807, 2.05) is 13.8 Å². The lowest BCUT2D eigenvalue weighted by atomic mass is 10.1. The van der Waals surface area contributed by atoms with E-state index in [9.17, 15) is 4.79 Å². The SMILES string of the molecule is CC(C)N(CCO)C(=O)c1cncc(C#CCCO)c1. The summed E-state index contributed by atoms with van der Waals surface area (Å²) in [7, 11) is 0. The zero-order valence-corrected chi connectivity index (χ0v) is 11.8. The Hall–Kier alpha value is -1.90. The van der Waals surface area contributed by atoms with Crippen LogP contribution in [0.15, 0.2) is 18.5 Å². The molecule has 0 fully saturated rings. The van der Waals surface area contributed by atoms with Gasteiger partial charge < -0.3 is 15.1 Å². The predicted octanol–water partition coefficient (Wildman–Crippen LogP) is 0.658. The summed E-state index contributed by atoms with van der Waals surface area (Å²) in [6.45, 7) is 4.01. The lowest BCUT2D eigenvalue weighted by Crippen LogP contribution is -2.39. The number of hydrogen-bond acceptors (Lipinski definition) is 4. The van der Waals surface area contributed by atoms with Gasteiger partial charge in [-0.15, -0.1) is 0 Å². The van der Waals surface area contributed by atoms with Crippen molar-refractivity contribution in [1.82, 2.24) is 9.88 Å². The van der Waals surface area contributed by atoms with Crippen molar-refractivity contribution in [3.63, 3.8) is 0 Å². The smallest absolute Gasteiger partial charge is 0.255 e. The van der Waals surface area contributed by atoms with Crippen LogP contribution in [-0.4, -0.2) is 51.8 Å². The molecule has 1 aromatic heterocycles. The van der Waals surface area contributed by atoms with Gasteiger partial charge in [-0.25, -0.2) is 0 Å². The topological polar surface area (TPSA) is 73.7 Å². The number of carbonyl (C=O) groups excluding carboxylic acids is 1. The summed E-state index contributed by atoms with van der Waals surface area (Å²) >= 11 is 0. The Labute approximate surface area is 119 Å². The normalized spacial score (nSPS) is 10.1. The number of pyridine rings is 1. The molecule has 1 rings (SSSR count). The minimum atomic E-state index is -0.174. The first-order valence-corrected chi connectivity index (χ1v) is 6.56. The zero-order valence-electron chi connectivity index (χ0n) is 11.8. The van der Waals surface area contributed by atoms with E-state index >= 15 is 0 Å². The third-order valence-electron chi connectivity index (χ3n) is 2.68. The molecule has 5 heteroatoms. The van der Waals surface area contributed by atoms with Gasteiger partial charge >= 0.3 is 0 Å². The number of aliphatic hydroxyl groups is 2. The highest BCUT2D eigenvalue weighted by Gasteiger charge is 2.18. The standard InChI is InChI=1S/C15H20N2O3/c1-12(2)17(6-8-19)15(20)14-9-13(10-16-11-14)5-3-4-7-18/h9-12,18-19H,4,6-8H2,1-2H3. The maximum absolute atomic E-state index is 12.3. The van der Waals surface area contributed by atoms with Crippen LogP contribution >= 0.6 is 0 Å². The summed E-state index contributed by atoms with van der Waals surface area (Å²) in [5.74, 6) is 5.46. The Morgan fingerprint density at radius 3 is 2.70 bits per heavy atom. The molecule has 0 aliphatic carbocycles. The molecule has 5 nitrogen and oxygen atoms in total. The van der Waals surface area contributed by atoms with Crippen molar-refractivity contribution in [2.75, 3.05) is 19.8 Å². The van der Waals surface area contributed by atoms with E-state index in [-0.39, 0.29) is 31.7 Å². The fourth-order valence-electron chi connectivity index (χ4n) is 1.71. The molecule has 0 aliphatic rings. The van der Waals surface area contributed by atoms with Crippen molar-refractivity contribution in [1.29, 1.82) is 0 Å². The third-order valence-corrected chi connectivity index (χ3v) is 2.68. The Morgan fingerprint density at radius 1 is 1.35 bits per heavy atom. The summed E-state index contributed by atoms with van der Waals surface area (Å²) in [6.07, 6.45) is 3.46. The van der Waals surface area contributed by atoms with Crippen LogP contribution in [0.5, 0.6) is 0 Å². The number of rotatable bonds is 5. The van der Waals surface area contributed by atoms with Crippen molar-refractivity contribution in [2.24, 2.45) is 0 Å². The highest BCUT2D eigenvalue weighted by atomic mass is 16.3. The first-order valence-electron chi connectivity index (χ1n) is 6.56. The predicted molar refractivity (Wildman–Crippen MR) is 76.1 cm³/mol. The number of hydrogen-bond donors (Lipinski definition) is 2. The maximum atomic E-state index is 12.3. The van der Waals surface area contributed by atoms with Gasteiger partial charge in [-0.1, -0.05) is 11.8 Å². The second kappa shape index (κ2) is 8.31. The summed E-state index contributed by atoms with van der Waals surface area (Å²) in [5.41, 5.74) is 1.08. The van der Waals surface area contributed by atoms with Crippen molar-refractivity contribution < 1.29 is 15.0 Å². The van der Waals surface area contributed by atoms with Crippen molar-refractivity contribution in [3.8, 4) is 11.8 Å². The van der Waals surface area contributed by atoms with E-state index in [1.165, 1.54) is 6.20 Å². The van der Waals surface area contributed by atoms with E-state index in [1.54, 1.807) is 17.2 Å². The molecule has 0 bridgehead atoms. The van der Waals surface area contributed by atoms with Gasteiger partial charge in [-0.3, -0.25) is 9.78 Å². The van der Waals surface area contributed by atoms with E-state index in [0.717, 1.165) is 0 Å². The largest absolute Gasteiger partial charge is 0.395 e. The van der Waals surface area contributed by atoms with Crippen molar-refractivity contribution in [2.45, 2.75) is 26.3 Å². The average molecular weight is 276 g/mol. The molecule has 0 aliphatic heterocycles. The molecular formula is C15H20N2O3. The monoisotopic (exact) mass is 276 g/mol. The maximum Gasteiger partial charge on any atom is 0.255 e. The van der Waals surface area contributed by atoms with Crippen LogP contribution in [0, 0.1) is 11.8 Å². The lowest BCUT2D eigenvalue weighted by molar-refractivity contribution is 0.0665. The van der Waals surface area contributed by atoms with Crippen LogP contribution in [0.1, 0.15) is 36.2 Å². The first kappa shape index (κ1) is 16.2. The van der Waals surface area contributed by atoms with Gasteiger partial charge in [-0.05, 0) is 19.9 Å². The zero-order chi connectivity index (χ0) is 15.0. The molecule has 0 saturated heterocycles. The number of nitrogens with zero attached hydrogens (tertiary/aromatic N) is 2. The summed E-state index contributed by atoms with van der Waals surface area (Å²) in [6, 6.07) is 1.67. The van der Waals surface area contributed by atoms with Crippen LogP contribution in [0.2, 0.25) is 0 Å². The molecule has 0 radical (unpaired) electrons. The molecule has 0 saturated carbocycles. The van der Waals surface area contributed by atoms with Gasteiger partial charge in [0, 0.05) is 37.0 Å². The molecule has 0 unspecified atom stereocenters. The highest BCUT2D eigenvalue weighted by molar-refractivity contribution is 5.94. The van der Waals surface area contributed by atoms with Crippen LogP contribution in [0.25, 0.3) is 0 Å². The summed E-state index contributed by atoms with van der Waals surface area (Å²) < 4.78 is 0. The van der Waals surface area contributed by atoms with Gasteiger partial charge in [0.1, 0.15) is 0 Å².